The molecule has 0 saturated carbocycles. The molecule has 1 N–H and O–H groups in total. The number of carbonyl (C=O) groups excluding carboxylic acids is 1. The Labute approximate surface area is 127 Å². The van der Waals surface area contributed by atoms with Gasteiger partial charge in [0.25, 0.3) is 0 Å². The van der Waals surface area contributed by atoms with Crippen LogP contribution in [-0.2, 0) is 11.2 Å². The highest BCUT2D eigenvalue weighted by Gasteiger charge is 2.10. The zero-order valence-corrected chi connectivity index (χ0v) is 13.2. The van der Waals surface area contributed by atoms with Crippen LogP contribution in [0.5, 0.6) is 0 Å². The summed E-state index contributed by atoms with van der Waals surface area (Å²) in [6.07, 6.45) is 0.428. The van der Waals surface area contributed by atoms with Gasteiger partial charge in [-0.05, 0) is 49.9 Å². The summed E-state index contributed by atoms with van der Waals surface area (Å²) < 4.78 is 0. The number of nitrogens with one attached hydrogen (secondary N) is 1. The van der Waals surface area contributed by atoms with Crippen molar-refractivity contribution in [3.8, 4) is 0 Å². The molecule has 0 heterocycles. The molecule has 1 atom stereocenters. The van der Waals surface area contributed by atoms with E-state index >= 15 is 0 Å². The van der Waals surface area contributed by atoms with E-state index in [2.05, 4.69) is 62.5 Å². The second kappa shape index (κ2) is 6.57. The van der Waals surface area contributed by atoms with Gasteiger partial charge in [-0.15, -0.1) is 0 Å². The normalized spacial score (nSPS) is 12.0. The maximum atomic E-state index is 12.1. The van der Waals surface area contributed by atoms with Crippen molar-refractivity contribution in [1.29, 1.82) is 0 Å². The van der Waals surface area contributed by atoms with Crippen molar-refractivity contribution in [2.75, 3.05) is 0 Å². The molecule has 0 fully saturated rings. The van der Waals surface area contributed by atoms with Crippen LogP contribution in [0, 0.1) is 20.8 Å². The maximum absolute atomic E-state index is 12.1. The first-order valence-corrected chi connectivity index (χ1v) is 7.38. The second-order valence-electron chi connectivity index (χ2n) is 5.80. The minimum absolute atomic E-state index is 0.0321. The third kappa shape index (κ3) is 4.19. The zero-order chi connectivity index (χ0) is 15.4. The average molecular weight is 281 g/mol. The summed E-state index contributed by atoms with van der Waals surface area (Å²) in [6.45, 7) is 8.24. The number of amides is 1. The Balaban J connectivity index is 1.97. The fourth-order valence-corrected chi connectivity index (χ4v) is 2.33. The van der Waals surface area contributed by atoms with Gasteiger partial charge < -0.3 is 5.32 Å². The van der Waals surface area contributed by atoms with Gasteiger partial charge >= 0.3 is 0 Å². The predicted octanol–water partition coefficient (Wildman–Crippen LogP) is 4.03. The average Bonchev–Trinajstić information content (AvgIpc) is 2.43. The molecule has 0 bridgehead atoms. The Kier molecular flexibility index (Phi) is 4.79. The molecular formula is C19H23NO. The van der Waals surface area contributed by atoms with Gasteiger partial charge in [-0.3, -0.25) is 4.79 Å². The predicted molar refractivity (Wildman–Crippen MR) is 87.4 cm³/mol. The van der Waals surface area contributed by atoms with E-state index in [1.807, 2.05) is 13.0 Å². The number of rotatable bonds is 4. The summed E-state index contributed by atoms with van der Waals surface area (Å²) in [5.41, 5.74) is 5.91. The fourth-order valence-electron chi connectivity index (χ4n) is 2.33. The van der Waals surface area contributed by atoms with Gasteiger partial charge in [0.15, 0.2) is 0 Å². The van der Waals surface area contributed by atoms with Crippen molar-refractivity contribution in [1.82, 2.24) is 5.32 Å². The molecule has 110 valence electrons. The number of benzene rings is 2. The number of hydrogen-bond donors (Lipinski definition) is 1. The molecule has 0 aromatic heterocycles. The van der Waals surface area contributed by atoms with E-state index in [1.165, 1.54) is 16.7 Å². The van der Waals surface area contributed by atoms with Crippen LogP contribution in [0.3, 0.4) is 0 Å². The van der Waals surface area contributed by atoms with Gasteiger partial charge in [0.05, 0.1) is 12.5 Å². The summed E-state index contributed by atoms with van der Waals surface area (Å²) in [6, 6.07) is 14.5. The number of carbonyl (C=O) groups is 1. The Hall–Kier alpha value is -2.09. The van der Waals surface area contributed by atoms with Crippen LogP contribution in [-0.4, -0.2) is 5.91 Å². The summed E-state index contributed by atoms with van der Waals surface area (Å²) >= 11 is 0. The quantitative estimate of drug-likeness (QED) is 0.900. The van der Waals surface area contributed by atoms with E-state index in [1.54, 1.807) is 0 Å². The lowest BCUT2D eigenvalue weighted by Gasteiger charge is -2.15. The molecule has 0 aliphatic carbocycles. The molecule has 0 saturated heterocycles. The third-order valence-corrected chi connectivity index (χ3v) is 3.89. The number of aryl methyl sites for hydroxylation is 3. The minimum atomic E-state index is 0.0321. The van der Waals surface area contributed by atoms with Crippen LogP contribution in [0.4, 0.5) is 0 Å². The van der Waals surface area contributed by atoms with Gasteiger partial charge in [0, 0.05) is 0 Å². The van der Waals surface area contributed by atoms with Crippen molar-refractivity contribution in [2.45, 2.75) is 40.2 Å². The first-order chi connectivity index (χ1) is 9.95. The third-order valence-electron chi connectivity index (χ3n) is 3.89. The smallest absolute Gasteiger partial charge is 0.224 e. The minimum Gasteiger partial charge on any atom is -0.349 e. The summed E-state index contributed by atoms with van der Waals surface area (Å²) in [5.74, 6) is 0.0614. The Morgan fingerprint density at radius 3 is 2.29 bits per heavy atom. The van der Waals surface area contributed by atoms with E-state index in [-0.39, 0.29) is 11.9 Å². The van der Waals surface area contributed by atoms with E-state index in [0.717, 1.165) is 11.1 Å². The molecule has 2 aromatic carbocycles. The standard InChI is InChI=1S/C19H23NO/c1-13-5-9-18(10-6-13)16(4)20-19(21)12-17-8-7-14(2)15(3)11-17/h5-11,16H,12H2,1-4H3,(H,20,21)/t16-/m1/s1. The lowest BCUT2D eigenvalue weighted by atomic mass is 10.0. The largest absolute Gasteiger partial charge is 0.349 e. The Morgan fingerprint density at radius 1 is 1.00 bits per heavy atom. The molecule has 2 nitrogen and oxygen atoms in total. The van der Waals surface area contributed by atoms with Gasteiger partial charge in [-0.25, -0.2) is 0 Å². The molecule has 2 aromatic rings. The lowest BCUT2D eigenvalue weighted by Crippen LogP contribution is -2.28. The van der Waals surface area contributed by atoms with E-state index in [4.69, 9.17) is 0 Å². The molecule has 0 aliphatic rings. The Bertz CT molecular complexity index is 629. The number of hydrogen-bond acceptors (Lipinski definition) is 1. The fraction of sp³-hybridized carbons (Fsp3) is 0.316. The van der Waals surface area contributed by atoms with E-state index in [0.29, 0.717) is 6.42 Å². The molecule has 0 spiro atoms. The van der Waals surface area contributed by atoms with Crippen LogP contribution in [0.1, 0.15) is 40.8 Å². The second-order valence-corrected chi connectivity index (χ2v) is 5.80. The van der Waals surface area contributed by atoms with Gasteiger partial charge in [0.1, 0.15) is 0 Å². The lowest BCUT2D eigenvalue weighted by molar-refractivity contribution is -0.121. The first kappa shape index (κ1) is 15.3. The van der Waals surface area contributed by atoms with Crippen LogP contribution in [0.25, 0.3) is 0 Å². The SMILES string of the molecule is Cc1ccc([C@@H](C)NC(=O)Cc2ccc(C)c(C)c2)cc1. The Morgan fingerprint density at radius 2 is 1.67 bits per heavy atom. The van der Waals surface area contributed by atoms with Crippen LogP contribution >= 0.6 is 0 Å². The van der Waals surface area contributed by atoms with Gasteiger partial charge in [-0.2, -0.15) is 0 Å². The van der Waals surface area contributed by atoms with E-state index in [9.17, 15) is 4.79 Å². The summed E-state index contributed by atoms with van der Waals surface area (Å²) in [5, 5.41) is 3.06. The zero-order valence-electron chi connectivity index (χ0n) is 13.2. The first-order valence-electron chi connectivity index (χ1n) is 7.38. The highest BCUT2D eigenvalue weighted by molar-refractivity contribution is 5.79. The van der Waals surface area contributed by atoms with Crippen molar-refractivity contribution in [3.05, 3.63) is 70.3 Å². The van der Waals surface area contributed by atoms with Crippen LogP contribution in [0.15, 0.2) is 42.5 Å². The molecule has 2 rings (SSSR count). The summed E-state index contributed by atoms with van der Waals surface area (Å²) in [7, 11) is 0. The molecule has 0 unspecified atom stereocenters. The topological polar surface area (TPSA) is 29.1 Å². The van der Waals surface area contributed by atoms with Crippen LogP contribution in [0.2, 0.25) is 0 Å². The van der Waals surface area contributed by atoms with Crippen molar-refractivity contribution in [3.63, 3.8) is 0 Å². The van der Waals surface area contributed by atoms with Gasteiger partial charge in [0.2, 0.25) is 5.91 Å². The molecular weight excluding hydrogens is 258 g/mol. The maximum Gasteiger partial charge on any atom is 0.224 e. The summed E-state index contributed by atoms with van der Waals surface area (Å²) in [4.78, 5) is 12.1. The highest BCUT2D eigenvalue weighted by Crippen LogP contribution is 2.14. The van der Waals surface area contributed by atoms with E-state index < -0.39 is 0 Å². The van der Waals surface area contributed by atoms with Crippen molar-refractivity contribution >= 4 is 5.91 Å². The van der Waals surface area contributed by atoms with Crippen molar-refractivity contribution < 1.29 is 4.79 Å². The molecule has 1 amide bonds. The highest BCUT2D eigenvalue weighted by atomic mass is 16.1. The molecule has 21 heavy (non-hydrogen) atoms. The molecule has 2 heteroatoms. The van der Waals surface area contributed by atoms with Gasteiger partial charge in [-0.1, -0.05) is 48.0 Å². The van der Waals surface area contributed by atoms with Crippen molar-refractivity contribution in [2.24, 2.45) is 0 Å². The molecule has 0 aliphatic heterocycles. The van der Waals surface area contributed by atoms with Crippen LogP contribution < -0.4 is 5.32 Å². The molecule has 0 radical (unpaired) electrons. The monoisotopic (exact) mass is 281 g/mol.